The van der Waals surface area contributed by atoms with Crippen LogP contribution >= 0.6 is 0 Å². The number of rotatable bonds is 3. The van der Waals surface area contributed by atoms with E-state index in [0.29, 0.717) is 0 Å². The zero-order valence-electron chi connectivity index (χ0n) is 27.8. The van der Waals surface area contributed by atoms with Gasteiger partial charge in [0.2, 0.25) is 0 Å². The first-order chi connectivity index (χ1) is 23.0. The minimum atomic E-state index is -2.27. The van der Waals surface area contributed by atoms with Crippen LogP contribution < -0.4 is 5.73 Å². The van der Waals surface area contributed by atoms with Gasteiger partial charge >= 0.3 is 11.9 Å². The Labute approximate surface area is 285 Å². The number of hydrogen-bond donors (Lipinski definition) is 9. The molecule has 0 saturated carbocycles. The third kappa shape index (κ3) is 11.9. The van der Waals surface area contributed by atoms with E-state index in [-0.39, 0.29) is 12.3 Å². The van der Waals surface area contributed by atoms with Crippen molar-refractivity contribution in [2.45, 2.75) is 126 Å². The Morgan fingerprint density at radius 1 is 0.857 bits per heavy atom. The van der Waals surface area contributed by atoms with E-state index in [2.05, 4.69) is 0 Å². The average Bonchev–Trinajstić information content (AvgIpc) is 3.00. The van der Waals surface area contributed by atoms with Gasteiger partial charge in [0.05, 0.1) is 54.9 Å². The van der Waals surface area contributed by atoms with E-state index in [1.165, 1.54) is 6.08 Å². The molecule has 2 bridgehead atoms. The molecule has 3 aliphatic heterocycles. The predicted molar refractivity (Wildman–Crippen MR) is 173 cm³/mol. The quantitative estimate of drug-likeness (QED) is 0.166. The highest BCUT2D eigenvalue weighted by Crippen LogP contribution is 2.38. The molecule has 2 fully saturated rings. The molecular weight excluding hydrogens is 646 g/mol. The molecule has 10 N–H and O–H groups in total. The average molecular weight is 698 g/mol. The number of carboxylic acids is 1. The molecule has 0 aromatic heterocycles. The van der Waals surface area contributed by atoms with Gasteiger partial charge in [-0.25, -0.2) is 4.79 Å². The van der Waals surface area contributed by atoms with Gasteiger partial charge in [-0.05, 0) is 19.9 Å². The van der Waals surface area contributed by atoms with E-state index in [1.807, 2.05) is 13.0 Å². The molecular formula is C34H51NO14. The number of fused-ring (bicyclic) bond motifs is 2. The summed E-state index contributed by atoms with van der Waals surface area (Å²) in [5.41, 5.74) is 5.96. The molecule has 3 aliphatic rings. The molecule has 0 spiro atoms. The van der Waals surface area contributed by atoms with Gasteiger partial charge in [0.15, 0.2) is 12.1 Å². The fourth-order valence-corrected chi connectivity index (χ4v) is 5.86. The molecule has 49 heavy (non-hydrogen) atoms. The number of allylic oxidation sites excluding steroid dienone is 6. The number of aliphatic hydroxyl groups excluding tert-OH is 6. The Balaban J connectivity index is 1.94. The van der Waals surface area contributed by atoms with Crippen molar-refractivity contribution in [1.29, 1.82) is 0 Å². The largest absolute Gasteiger partial charge is 0.481 e. The Kier molecular flexibility index (Phi) is 15.3. The number of carbonyl (C=O) groups is 2. The molecule has 0 radical (unpaired) electrons. The third-order valence-corrected chi connectivity index (χ3v) is 8.90. The van der Waals surface area contributed by atoms with Gasteiger partial charge in [-0.1, -0.05) is 55.5 Å². The summed E-state index contributed by atoms with van der Waals surface area (Å²) < 4.78 is 22.9. The van der Waals surface area contributed by atoms with Crippen LogP contribution in [0.2, 0.25) is 0 Å². The third-order valence-electron chi connectivity index (χ3n) is 8.90. The predicted octanol–water partition coefficient (Wildman–Crippen LogP) is -0.680. The highest BCUT2D eigenvalue weighted by molar-refractivity contribution is 5.82. The van der Waals surface area contributed by atoms with E-state index >= 15 is 0 Å². The maximum absolute atomic E-state index is 12.3. The summed E-state index contributed by atoms with van der Waals surface area (Å²) >= 11 is 0. The zero-order valence-corrected chi connectivity index (χ0v) is 27.8. The standard InChI is InChI=1S/C34H51NO14/c1-18-10-8-6-4-5-7-9-11-22(48-33-31(42)29(35)30(41)20(3)47-33)15-26-28(32(43)44)25(39)17-34(45,49-26)16-21(36)14-24(38)23(37)12-13-27(40)46-19(18)2/h4-13,18-26,28-31,33,36-39,41-42,45H,14-17,35H2,1-3H3,(H,43,44)/b6-4+,7-5+,10-8+,11-9?,13-12+/t18-,19+,20+,21-,22-,23+,24+,25-,26-,28+,29-,30+,31-,33-,34+/m0/s1. The molecule has 0 aromatic rings. The summed E-state index contributed by atoms with van der Waals surface area (Å²) in [5.74, 6) is -6.15. The summed E-state index contributed by atoms with van der Waals surface area (Å²) in [6.07, 6.45) is -0.575. The number of hydrogen-bond acceptors (Lipinski definition) is 14. The maximum atomic E-state index is 12.3. The fourth-order valence-electron chi connectivity index (χ4n) is 5.86. The highest BCUT2D eigenvalue weighted by atomic mass is 16.7. The first kappa shape index (κ1) is 40.6. The van der Waals surface area contributed by atoms with Crippen molar-refractivity contribution in [3.8, 4) is 0 Å². The first-order valence-electron chi connectivity index (χ1n) is 16.4. The minimum absolute atomic E-state index is 0.171. The van der Waals surface area contributed by atoms with Gasteiger partial charge in [0.1, 0.15) is 18.1 Å². The Morgan fingerprint density at radius 2 is 1.49 bits per heavy atom. The number of ether oxygens (including phenoxy) is 4. The van der Waals surface area contributed by atoms with Crippen molar-refractivity contribution in [2.24, 2.45) is 17.6 Å². The number of nitrogens with two attached hydrogens (primary N) is 1. The van der Waals surface area contributed by atoms with Crippen molar-refractivity contribution in [3.63, 3.8) is 0 Å². The summed E-state index contributed by atoms with van der Waals surface area (Å²) in [5, 5.41) is 84.7. The molecule has 0 unspecified atom stereocenters. The van der Waals surface area contributed by atoms with Crippen LogP contribution in [0.25, 0.3) is 0 Å². The van der Waals surface area contributed by atoms with Crippen LogP contribution in [-0.2, 0) is 28.5 Å². The molecule has 2 saturated heterocycles. The molecule has 276 valence electrons. The van der Waals surface area contributed by atoms with Crippen molar-refractivity contribution < 1.29 is 69.4 Å². The lowest BCUT2D eigenvalue weighted by atomic mass is 9.82. The van der Waals surface area contributed by atoms with Crippen LogP contribution in [-0.4, -0.2) is 132 Å². The van der Waals surface area contributed by atoms with Gasteiger partial charge in [0, 0.05) is 37.7 Å². The van der Waals surface area contributed by atoms with E-state index in [4.69, 9.17) is 24.7 Å². The van der Waals surface area contributed by atoms with Crippen molar-refractivity contribution in [1.82, 2.24) is 0 Å². The number of carboxylic acid groups (broad SMARTS) is 1. The van der Waals surface area contributed by atoms with E-state index in [0.717, 1.165) is 12.2 Å². The van der Waals surface area contributed by atoms with Crippen LogP contribution in [0.1, 0.15) is 46.5 Å². The molecule has 0 amide bonds. The van der Waals surface area contributed by atoms with Gasteiger partial charge in [-0.2, -0.15) is 0 Å². The number of esters is 1. The van der Waals surface area contributed by atoms with E-state index < -0.39 is 116 Å². The van der Waals surface area contributed by atoms with Crippen LogP contribution in [0.15, 0.2) is 60.8 Å². The first-order valence-corrected chi connectivity index (χ1v) is 16.4. The van der Waals surface area contributed by atoms with Crippen molar-refractivity contribution >= 4 is 11.9 Å². The Bertz CT molecular complexity index is 1240. The SMILES string of the molecule is C[C@H]1/C=C/C=C/C=C/C=C[C@H](O[C@@H]2O[C@H](C)[C@@H](O)[C@H](N)[C@@H]2O)C[C@@H]2O[C@](O)(C[C@@H](O)C[C@@H](O)[C@H](O)/C=C/C(=O)O[C@@H]1C)C[C@H](O)[C@H]2C(=O)O. The molecule has 15 nitrogen and oxygen atoms in total. The van der Waals surface area contributed by atoms with Crippen LogP contribution in [0.3, 0.4) is 0 Å². The summed E-state index contributed by atoms with van der Waals surface area (Å²) in [6.45, 7) is 5.09. The fraction of sp³-hybridized carbons (Fsp3) is 0.647. The number of cyclic esters (lactones) is 1. The van der Waals surface area contributed by atoms with Gasteiger partial charge in [-0.3, -0.25) is 4.79 Å². The van der Waals surface area contributed by atoms with E-state index in [1.54, 1.807) is 50.3 Å². The minimum Gasteiger partial charge on any atom is -0.481 e. The van der Waals surface area contributed by atoms with Crippen LogP contribution in [0.4, 0.5) is 0 Å². The number of carbonyl (C=O) groups excluding carboxylic acids is 1. The summed E-state index contributed by atoms with van der Waals surface area (Å²) in [6, 6.07) is -1.11. The van der Waals surface area contributed by atoms with Crippen LogP contribution in [0.5, 0.6) is 0 Å². The van der Waals surface area contributed by atoms with Crippen molar-refractivity contribution in [2.75, 3.05) is 0 Å². The molecule has 0 aliphatic carbocycles. The molecule has 3 heterocycles. The maximum Gasteiger partial charge on any atom is 0.330 e. The second-order valence-electron chi connectivity index (χ2n) is 13.0. The van der Waals surface area contributed by atoms with E-state index in [9.17, 15) is 50.4 Å². The monoisotopic (exact) mass is 697 g/mol. The van der Waals surface area contributed by atoms with Crippen molar-refractivity contribution in [3.05, 3.63) is 60.8 Å². The highest BCUT2D eigenvalue weighted by Gasteiger charge is 2.51. The number of aliphatic hydroxyl groups is 7. The molecule has 3 rings (SSSR count). The molecule has 0 aromatic carbocycles. The lowest BCUT2D eigenvalue weighted by Gasteiger charge is -2.45. The summed E-state index contributed by atoms with van der Waals surface area (Å²) in [4.78, 5) is 24.5. The lowest BCUT2D eigenvalue weighted by molar-refractivity contribution is -0.308. The smallest absolute Gasteiger partial charge is 0.330 e. The lowest BCUT2D eigenvalue weighted by Crippen LogP contribution is -2.61. The van der Waals surface area contributed by atoms with Gasteiger partial charge < -0.3 is 65.5 Å². The topological polar surface area (TPSA) is 259 Å². The molecule has 15 heteroatoms. The zero-order chi connectivity index (χ0) is 36.5. The number of aliphatic carboxylic acids is 1. The van der Waals surface area contributed by atoms with Gasteiger partial charge in [0.25, 0.3) is 0 Å². The molecule has 15 atom stereocenters. The second-order valence-corrected chi connectivity index (χ2v) is 13.0. The second kappa shape index (κ2) is 18.4. The Hall–Kier alpha value is -2.80. The normalized spacial score (nSPS) is 46.1. The van der Waals surface area contributed by atoms with Gasteiger partial charge in [-0.15, -0.1) is 0 Å². The Morgan fingerprint density at radius 3 is 2.14 bits per heavy atom. The van der Waals surface area contributed by atoms with Crippen LogP contribution in [0, 0.1) is 11.8 Å². The summed E-state index contributed by atoms with van der Waals surface area (Å²) in [7, 11) is 0.